The van der Waals surface area contributed by atoms with Crippen LogP contribution in [0.15, 0.2) is 30.3 Å². The van der Waals surface area contributed by atoms with Crippen LogP contribution in [0.2, 0.25) is 0 Å². The van der Waals surface area contributed by atoms with Gasteiger partial charge in [0.25, 0.3) is 0 Å². The molecule has 2 nitrogen and oxygen atoms in total. The molecule has 0 N–H and O–H groups in total. The maximum absolute atomic E-state index is 11.3. The highest BCUT2D eigenvalue weighted by Gasteiger charge is 2.13. The van der Waals surface area contributed by atoms with Gasteiger partial charge in [-0.1, -0.05) is 42.5 Å². The first kappa shape index (κ1) is 9.66. The van der Waals surface area contributed by atoms with Crippen molar-refractivity contribution in [1.29, 1.82) is 0 Å². The minimum Gasteiger partial charge on any atom is -0.426 e. The van der Waals surface area contributed by atoms with Crippen LogP contribution in [-0.4, -0.2) is 5.97 Å². The SMILES string of the molecule is O=C1CC=c2c(ccc3c4c(ccc23)C=CC=4)O1. The molecule has 0 amide bonds. The molecule has 1 aliphatic carbocycles. The zero-order valence-corrected chi connectivity index (χ0v) is 9.64. The number of fused-ring (bicyclic) bond motifs is 5. The summed E-state index contributed by atoms with van der Waals surface area (Å²) in [6.45, 7) is 0. The molecular formula is C16H10O2. The molecule has 0 radical (unpaired) electrons. The molecule has 2 aromatic carbocycles. The summed E-state index contributed by atoms with van der Waals surface area (Å²) in [5, 5.41) is 4.65. The lowest BCUT2D eigenvalue weighted by Gasteiger charge is -2.11. The molecular weight excluding hydrogens is 224 g/mol. The summed E-state index contributed by atoms with van der Waals surface area (Å²) in [6, 6.07) is 8.13. The van der Waals surface area contributed by atoms with Gasteiger partial charge in [0.1, 0.15) is 5.75 Å². The van der Waals surface area contributed by atoms with Crippen molar-refractivity contribution in [1.82, 2.24) is 0 Å². The fourth-order valence-electron chi connectivity index (χ4n) is 2.68. The van der Waals surface area contributed by atoms with E-state index in [1.165, 1.54) is 16.2 Å². The van der Waals surface area contributed by atoms with Crippen molar-refractivity contribution < 1.29 is 9.53 Å². The number of esters is 1. The molecule has 0 saturated carbocycles. The highest BCUT2D eigenvalue weighted by Crippen LogP contribution is 2.18. The minimum atomic E-state index is -0.184. The van der Waals surface area contributed by atoms with E-state index in [1.54, 1.807) is 0 Å². The summed E-state index contributed by atoms with van der Waals surface area (Å²) >= 11 is 0. The number of hydrogen-bond acceptors (Lipinski definition) is 2. The molecule has 1 heterocycles. The predicted octanol–water partition coefficient (Wildman–Crippen LogP) is 1.74. The quantitative estimate of drug-likeness (QED) is 0.512. The molecule has 0 bridgehead atoms. The Morgan fingerprint density at radius 3 is 2.78 bits per heavy atom. The first-order chi connectivity index (χ1) is 8.83. The van der Waals surface area contributed by atoms with Crippen molar-refractivity contribution in [2.45, 2.75) is 6.42 Å². The number of carbonyl (C=O) groups is 1. The molecule has 18 heavy (non-hydrogen) atoms. The number of carbonyl (C=O) groups excluding carboxylic acids is 1. The third kappa shape index (κ3) is 1.20. The second-order valence-electron chi connectivity index (χ2n) is 4.55. The normalized spacial score (nSPS) is 15.7. The van der Waals surface area contributed by atoms with Crippen molar-refractivity contribution >= 4 is 35.0 Å². The van der Waals surface area contributed by atoms with E-state index in [9.17, 15) is 4.79 Å². The molecule has 0 saturated heterocycles. The van der Waals surface area contributed by atoms with Crippen LogP contribution in [0.3, 0.4) is 0 Å². The molecule has 2 aromatic rings. The molecule has 0 aromatic heterocycles. The average molecular weight is 234 g/mol. The van der Waals surface area contributed by atoms with E-state index in [2.05, 4.69) is 30.4 Å². The summed E-state index contributed by atoms with van der Waals surface area (Å²) in [6.07, 6.45) is 8.60. The lowest BCUT2D eigenvalue weighted by atomic mass is 10.0. The highest BCUT2D eigenvalue weighted by molar-refractivity contribution is 5.93. The van der Waals surface area contributed by atoms with Gasteiger partial charge in [0.2, 0.25) is 0 Å². The van der Waals surface area contributed by atoms with Gasteiger partial charge in [0, 0.05) is 5.22 Å². The molecule has 0 fully saturated rings. The fourth-order valence-corrected chi connectivity index (χ4v) is 2.68. The molecule has 2 aliphatic rings. The van der Waals surface area contributed by atoms with Gasteiger partial charge < -0.3 is 4.74 Å². The van der Waals surface area contributed by atoms with Crippen LogP contribution in [0.4, 0.5) is 0 Å². The van der Waals surface area contributed by atoms with Crippen molar-refractivity contribution in [3.8, 4) is 5.75 Å². The Balaban J connectivity index is 2.18. The molecule has 2 heteroatoms. The van der Waals surface area contributed by atoms with Crippen molar-refractivity contribution in [2.75, 3.05) is 0 Å². The zero-order valence-electron chi connectivity index (χ0n) is 9.64. The van der Waals surface area contributed by atoms with Gasteiger partial charge in [-0.25, -0.2) is 0 Å². The molecule has 4 rings (SSSR count). The fraction of sp³-hybridized carbons (Fsp3) is 0.0625. The minimum absolute atomic E-state index is 0.184. The first-order valence-corrected chi connectivity index (χ1v) is 5.98. The largest absolute Gasteiger partial charge is 0.426 e. The van der Waals surface area contributed by atoms with E-state index in [0.717, 1.165) is 10.6 Å². The maximum Gasteiger partial charge on any atom is 0.315 e. The first-order valence-electron chi connectivity index (χ1n) is 5.98. The summed E-state index contributed by atoms with van der Waals surface area (Å²) in [5.41, 5.74) is 1.25. The lowest BCUT2D eigenvalue weighted by molar-refractivity contribution is -0.133. The van der Waals surface area contributed by atoms with Gasteiger partial charge in [-0.2, -0.15) is 0 Å². The number of benzene rings is 2. The highest BCUT2D eigenvalue weighted by atomic mass is 16.5. The maximum atomic E-state index is 11.3. The second kappa shape index (κ2) is 3.33. The summed E-state index contributed by atoms with van der Waals surface area (Å²) < 4.78 is 5.26. The standard InChI is InChI=1S/C16H10O2/c17-16-9-7-14-13-5-4-10-2-1-3-11(10)12(13)6-8-15(14)18-16/h1-8H,9H2. The summed E-state index contributed by atoms with van der Waals surface area (Å²) in [5.74, 6) is 0.487. The number of ether oxygens (including phenoxy) is 1. The molecule has 0 atom stereocenters. The van der Waals surface area contributed by atoms with E-state index in [1.807, 2.05) is 18.2 Å². The number of rotatable bonds is 0. The van der Waals surface area contributed by atoms with Crippen LogP contribution < -0.4 is 15.2 Å². The Hall–Kier alpha value is -2.35. The van der Waals surface area contributed by atoms with Crippen molar-refractivity contribution in [2.24, 2.45) is 0 Å². The van der Waals surface area contributed by atoms with Crippen LogP contribution in [-0.2, 0) is 4.79 Å². The smallest absolute Gasteiger partial charge is 0.315 e. The van der Waals surface area contributed by atoms with Crippen LogP contribution in [0.5, 0.6) is 5.75 Å². The van der Waals surface area contributed by atoms with Crippen molar-refractivity contribution in [3.05, 3.63) is 46.3 Å². The molecule has 86 valence electrons. The Morgan fingerprint density at radius 1 is 1.00 bits per heavy atom. The molecule has 1 aliphatic heterocycles. The van der Waals surface area contributed by atoms with E-state index in [0.29, 0.717) is 12.2 Å². The number of hydrogen-bond donors (Lipinski definition) is 0. The molecule has 0 spiro atoms. The average Bonchev–Trinajstić information content (AvgIpc) is 2.86. The van der Waals surface area contributed by atoms with Gasteiger partial charge in [0.15, 0.2) is 0 Å². The monoisotopic (exact) mass is 234 g/mol. The Kier molecular flexibility index (Phi) is 1.78. The Bertz CT molecular complexity index is 842. The Labute approximate surface area is 103 Å². The van der Waals surface area contributed by atoms with E-state index < -0.39 is 0 Å². The van der Waals surface area contributed by atoms with Crippen LogP contribution in [0, 0.1) is 0 Å². The zero-order chi connectivity index (χ0) is 12.1. The van der Waals surface area contributed by atoms with E-state index >= 15 is 0 Å². The third-order valence-electron chi connectivity index (χ3n) is 3.51. The van der Waals surface area contributed by atoms with Gasteiger partial charge in [-0.15, -0.1) is 0 Å². The lowest BCUT2D eigenvalue weighted by Crippen LogP contribution is -2.21. The van der Waals surface area contributed by atoms with Gasteiger partial charge in [-0.3, -0.25) is 4.79 Å². The summed E-state index contributed by atoms with van der Waals surface area (Å²) in [7, 11) is 0. The topological polar surface area (TPSA) is 26.3 Å². The third-order valence-corrected chi connectivity index (χ3v) is 3.51. The molecule has 0 unspecified atom stereocenters. The summed E-state index contributed by atoms with van der Waals surface area (Å²) in [4.78, 5) is 11.3. The van der Waals surface area contributed by atoms with Crippen molar-refractivity contribution in [3.63, 3.8) is 0 Å². The van der Waals surface area contributed by atoms with Gasteiger partial charge in [-0.05, 0) is 27.6 Å². The van der Waals surface area contributed by atoms with Gasteiger partial charge >= 0.3 is 5.97 Å². The van der Waals surface area contributed by atoms with Crippen LogP contribution in [0.25, 0.3) is 29.0 Å². The predicted molar refractivity (Wildman–Crippen MR) is 71.4 cm³/mol. The second-order valence-corrected chi connectivity index (χ2v) is 4.55. The van der Waals surface area contributed by atoms with Crippen LogP contribution >= 0.6 is 0 Å². The number of allylic oxidation sites excluding steroid dienone is 1. The van der Waals surface area contributed by atoms with Crippen LogP contribution in [0.1, 0.15) is 12.0 Å². The Morgan fingerprint density at radius 2 is 1.83 bits per heavy atom. The van der Waals surface area contributed by atoms with Gasteiger partial charge in [0.05, 0.1) is 6.42 Å². The van der Waals surface area contributed by atoms with E-state index in [4.69, 9.17) is 4.74 Å². The van der Waals surface area contributed by atoms with E-state index in [-0.39, 0.29) is 5.97 Å².